The van der Waals surface area contributed by atoms with Crippen LogP contribution in [0.2, 0.25) is 0 Å². The molecule has 2 aromatic rings. The van der Waals surface area contributed by atoms with Gasteiger partial charge in [0.2, 0.25) is 5.91 Å². The van der Waals surface area contributed by atoms with Crippen molar-refractivity contribution in [2.24, 2.45) is 5.73 Å². The molecule has 0 spiro atoms. The lowest BCUT2D eigenvalue weighted by Crippen LogP contribution is -2.33. The molecule has 1 fully saturated rings. The Morgan fingerprint density at radius 3 is 2.48 bits per heavy atom. The fraction of sp³-hybridized carbons (Fsp3) is 0.167. The van der Waals surface area contributed by atoms with Gasteiger partial charge in [0.1, 0.15) is 11.9 Å². The smallest absolute Gasteiger partial charge is 0.332 e. The molecule has 2 N–H and O–H groups in total. The third-order valence-electron chi connectivity index (χ3n) is 4.10. The number of primary amides is 1. The van der Waals surface area contributed by atoms with Crippen molar-refractivity contribution in [2.75, 3.05) is 4.90 Å². The number of carbonyl (C=O) groups is 3. The number of hydrogen-bond acceptors (Lipinski definition) is 3. The number of imide groups is 1. The van der Waals surface area contributed by atoms with E-state index in [9.17, 15) is 18.8 Å². The Bertz CT molecular complexity index is 851. The summed E-state index contributed by atoms with van der Waals surface area (Å²) in [7, 11) is 0. The van der Waals surface area contributed by atoms with Gasteiger partial charge in [-0.25, -0.2) is 9.18 Å². The first-order chi connectivity index (χ1) is 11.9. The fourth-order valence-electron chi connectivity index (χ4n) is 2.81. The van der Waals surface area contributed by atoms with E-state index >= 15 is 0 Å². The van der Waals surface area contributed by atoms with Crippen LogP contribution in [-0.4, -0.2) is 28.8 Å². The van der Waals surface area contributed by atoms with Crippen LogP contribution in [0.25, 0.3) is 0 Å². The lowest BCUT2D eigenvalue weighted by atomic mass is 10.1. The topological polar surface area (TPSA) is 83.7 Å². The Labute approximate surface area is 143 Å². The molecule has 1 aliphatic heterocycles. The van der Waals surface area contributed by atoms with Gasteiger partial charge in [-0.15, -0.1) is 0 Å². The molecule has 1 unspecified atom stereocenters. The summed E-state index contributed by atoms with van der Waals surface area (Å²) in [5.41, 5.74) is 6.62. The minimum absolute atomic E-state index is 0.0286. The summed E-state index contributed by atoms with van der Waals surface area (Å²) >= 11 is 0. The molecule has 7 heteroatoms. The number of urea groups is 1. The second kappa shape index (κ2) is 6.35. The van der Waals surface area contributed by atoms with E-state index in [2.05, 4.69) is 0 Å². The van der Waals surface area contributed by atoms with Gasteiger partial charge in [0.05, 0.1) is 6.54 Å². The lowest BCUT2D eigenvalue weighted by molar-refractivity contribution is -0.127. The van der Waals surface area contributed by atoms with E-state index < -0.39 is 23.8 Å². The highest BCUT2D eigenvalue weighted by atomic mass is 19.1. The van der Waals surface area contributed by atoms with Gasteiger partial charge in [0.25, 0.3) is 5.91 Å². The van der Waals surface area contributed by atoms with Gasteiger partial charge in [-0.3, -0.25) is 19.4 Å². The molecule has 6 nitrogen and oxygen atoms in total. The van der Waals surface area contributed by atoms with Crippen molar-refractivity contribution in [1.29, 1.82) is 0 Å². The van der Waals surface area contributed by atoms with Crippen molar-refractivity contribution < 1.29 is 18.8 Å². The van der Waals surface area contributed by atoms with Crippen LogP contribution < -0.4 is 10.6 Å². The van der Waals surface area contributed by atoms with Crippen LogP contribution in [0, 0.1) is 5.82 Å². The van der Waals surface area contributed by atoms with Gasteiger partial charge < -0.3 is 5.73 Å². The van der Waals surface area contributed by atoms with Gasteiger partial charge in [0, 0.05) is 11.3 Å². The van der Waals surface area contributed by atoms with Crippen molar-refractivity contribution in [3.05, 3.63) is 65.5 Å². The minimum Gasteiger partial charge on any atom is -0.366 e. The summed E-state index contributed by atoms with van der Waals surface area (Å²) < 4.78 is 13.1. The standard InChI is InChI=1S/C18H16FN3O3/c1-11-17(24)21(10-12-3-2-4-13(9-12)16(20)23)18(25)22(11)15-7-5-14(19)6-8-15/h2-9,11H,10H2,1H3,(H2,20,23). The second-order valence-electron chi connectivity index (χ2n) is 5.79. The Morgan fingerprint density at radius 2 is 1.84 bits per heavy atom. The van der Waals surface area contributed by atoms with Crippen LogP contribution in [0.5, 0.6) is 0 Å². The molecular formula is C18H16FN3O3. The molecule has 0 radical (unpaired) electrons. The largest absolute Gasteiger partial charge is 0.366 e. The summed E-state index contributed by atoms with van der Waals surface area (Å²) in [4.78, 5) is 38.9. The van der Waals surface area contributed by atoms with Gasteiger partial charge in [-0.2, -0.15) is 0 Å². The zero-order chi connectivity index (χ0) is 18.1. The molecular weight excluding hydrogens is 325 g/mol. The van der Waals surface area contributed by atoms with Crippen molar-refractivity contribution in [2.45, 2.75) is 19.5 Å². The van der Waals surface area contributed by atoms with Gasteiger partial charge in [-0.05, 0) is 48.9 Å². The zero-order valence-corrected chi connectivity index (χ0v) is 13.5. The van der Waals surface area contributed by atoms with E-state index in [1.54, 1.807) is 31.2 Å². The molecule has 4 amide bonds. The maximum atomic E-state index is 13.1. The molecule has 1 saturated heterocycles. The molecule has 1 atom stereocenters. The third kappa shape index (κ3) is 3.08. The van der Waals surface area contributed by atoms with Crippen molar-refractivity contribution in [3.8, 4) is 0 Å². The number of anilines is 1. The Balaban J connectivity index is 1.87. The quantitative estimate of drug-likeness (QED) is 0.866. The molecule has 1 aliphatic rings. The first kappa shape index (κ1) is 16.6. The minimum atomic E-state index is -0.697. The first-order valence-electron chi connectivity index (χ1n) is 7.67. The van der Waals surface area contributed by atoms with E-state index in [-0.39, 0.29) is 12.5 Å². The van der Waals surface area contributed by atoms with E-state index in [0.29, 0.717) is 16.8 Å². The zero-order valence-electron chi connectivity index (χ0n) is 13.5. The molecule has 0 aliphatic carbocycles. The highest BCUT2D eigenvalue weighted by Crippen LogP contribution is 2.27. The van der Waals surface area contributed by atoms with E-state index in [1.165, 1.54) is 29.2 Å². The monoisotopic (exact) mass is 341 g/mol. The second-order valence-corrected chi connectivity index (χ2v) is 5.79. The van der Waals surface area contributed by atoms with Crippen molar-refractivity contribution >= 4 is 23.5 Å². The number of nitrogens with zero attached hydrogens (tertiary/aromatic N) is 2. The number of halogens is 1. The molecule has 1 heterocycles. The molecule has 0 saturated carbocycles. The normalized spacial score (nSPS) is 17.3. The maximum absolute atomic E-state index is 13.1. The molecule has 0 bridgehead atoms. The van der Waals surface area contributed by atoms with Gasteiger partial charge in [0.15, 0.2) is 0 Å². The number of benzene rings is 2. The van der Waals surface area contributed by atoms with Crippen LogP contribution >= 0.6 is 0 Å². The number of carbonyl (C=O) groups excluding carboxylic acids is 3. The van der Waals surface area contributed by atoms with Gasteiger partial charge >= 0.3 is 6.03 Å². The van der Waals surface area contributed by atoms with Crippen molar-refractivity contribution in [1.82, 2.24) is 4.90 Å². The van der Waals surface area contributed by atoms with Crippen LogP contribution in [0.15, 0.2) is 48.5 Å². The summed E-state index contributed by atoms with van der Waals surface area (Å²) in [6.45, 7) is 1.64. The Morgan fingerprint density at radius 1 is 1.16 bits per heavy atom. The first-order valence-corrected chi connectivity index (χ1v) is 7.67. The molecule has 128 valence electrons. The van der Waals surface area contributed by atoms with Crippen LogP contribution in [0.4, 0.5) is 14.9 Å². The summed E-state index contributed by atoms with van der Waals surface area (Å²) in [5.74, 6) is -1.37. The number of hydrogen-bond donors (Lipinski definition) is 1. The molecule has 25 heavy (non-hydrogen) atoms. The van der Waals surface area contributed by atoms with Crippen LogP contribution in [0.1, 0.15) is 22.8 Å². The summed E-state index contributed by atoms with van der Waals surface area (Å²) in [5, 5.41) is 0. The molecule has 2 aromatic carbocycles. The summed E-state index contributed by atoms with van der Waals surface area (Å²) in [6.07, 6.45) is 0. The predicted molar refractivity (Wildman–Crippen MR) is 89.2 cm³/mol. The lowest BCUT2D eigenvalue weighted by Gasteiger charge is -2.19. The summed E-state index contributed by atoms with van der Waals surface area (Å²) in [6, 6.07) is 10.6. The van der Waals surface area contributed by atoms with Crippen LogP contribution in [0.3, 0.4) is 0 Å². The average molecular weight is 341 g/mol. The highest BCUT2D eigenvalue weighted by Gasteiger charge is 2.43. The van der Waals surface area contributed by atoms with E-state index in [0.717, 1.165) is 4.90 Å². The molecule has 0 aromatic heterocycles. The highest BCUT2D eigenvalue weighted by molar-refractivity contribution is 6.14. The van der Waals surface area contributed by atoms with E-state index in [4.69, 9.17) is 5.73 Å². The molecule has 3 rings (SSSR count). The van der Waals surface area contributed by atoms with Crippen molar-refractivity contribution in [3.63, 3.8) is 0 Å². The third-order valence-corrected chi connectivity index (χ3v) is 4.10. The Hall–Kier alpha value is -3.22. The average Bonchev–Trinajstić information content (AvgIpc) is 2.80. The number of amides is 4. The number of nitrogens with two attached hydrogens (primary N) is 1. The predicted octanol–water partition coefficient (Wildman–Crippen LogP) is 2.28. The van der Waals surface area contributed by atoms with Crippen LogP contribution in [-0.2, 0) is 11.3 Å². The maximum Gasteiger partial charge on any atom is 0.332 e. The SMILES string of the molecule is CC1C(=O)N(Cc2cccc(C(N)=O)c2)C(=O)N1c1ccc(F)cc1. The number of rotatable bonds is 4. The van der Waals surface area contributed by atoms with Gasteiger partial charge in [-0.1, -0.05) is 12.1 Å². The fourth-order valence-corrected chi connectivity index (χ4v) is 2.81. The Kier molecular flexibility index (Phi) is 4.22. The van der Waals surface area contributed by atoms with E-state index in [1.807, 2.05) is 0 Å².